The van der Waals surface area contributed by atoms with E-state index in [-0.39, 0.29) is 42.1 Å². The number of nitrogens with one attached hydrogen (secondary N) is 1. The first-order valence-electron chi connectivity index (χ1n) is 6.95. The highest BCUT2D eigenvalue weighted by atomic mass is 32.2. The first kappa shape index (κ1) is 15.7. The second kappa shape index (κ2) is 6.39. The molecular formula is C15H19NO4S. The molecule has 0 spiro atoms. The third-order valence-corrected chi connectivity index (χ3v) is 5.32. The fraction of sp³-hybridized carbons (Fsp3) is 0.467. The lowest BCUT2D eigenvalue weighted by atomic mass is 10.0. The molecule has 2 rings (SSSR count). The number of aryl methyl sites for hydroxylation is 1. The van der Waals surface area contributed by atoms with E-state index in [0.29, 0.717) is 12.0 Å². The molecule has 5 nitrogen and oxygen atoms in total. The number of hydrogen-bond acceptors (Lipinski definition) is 4. The summed E-state index contributed by atoms with van der Waals surface area (Å²) in [5.41, 5.74) is 1.67. The summed E-state index contributed by atoms with van der Waals surface area (Å²) in [6.07, 6.45) is 0.678. The number of benzene rings is 1. The molecule has 1 amide bonds. The van der Waals surface area contributed by atoms with Crippen molar-refractivity contribution >= 4 is 21.5 Å². The van der Waals surface area contributed by atoms with Gasteiger partial charge in [0.15, 0.2) is 15.6 Å². The van der Waals surface area contributed by atoms with Crippen LogP contribution in [0.2, 0.25) is 0 Å². The van der Waals surface area contributed by atoms with E-state index >= 15 is 0 Å². The van der Waals surface area contributed by atoms with E-state index in [0.717, 1.165) is 5.56 Å². The Morgan fingerprint density at radius 2 is 1.86 bits per heavy atom. The Morgan fingerprint density at radius 3 is 2.43 bits per heavy atom. The van der Waals surface area contributed by atoms with E-state index in [1.165, 1.54) is 0 Å². The van der Waals surface area contributed by atoms with Gasteiger partial charge in [-0.05, 0) is 13.3 Å². The van der Waals surface area contributed by atoms with E-state index in [1.807, 2.05) is 19.1 Å². The normalized spacial score (nSPS) is 20.1. The number of amides is 1. The predicted octanol–water partition coefficient (Wildman–Crippen LogP) is 1.26. The van der Waals surface area contributed by atoms with Gasteiger partial charge in [0, 0.05) is 24.4 Å². The maximum atomic E-state index is 11.9. The molecule has 1 atom stereocenters. The molecule has 1 aliphatic heterocycles. The van der Waals surface area contributed by atoms with Crippen molar-refractivity contribution in [2.24, 2.45) is 0 Å². The van der Waals surface area contributed by atoms with E-state index < -0.39 is 9.84 Å². The van der Waals surface area contributed by atoms with Crippen molar-refractivity contribution < 1.29 is 18.0 Å². The Bertz CT molecular complexity index is 634. The zero-order valence-corrected chi connectivity index (χ0v) is 12.8. The molecule has 1 aliphatic rings. The number of hydrogen-bond donors (Lipinski definition) is 1. The number of rotatable bonds is 5. The minimum atomic E-state index is -3.00. The number of carbonyl (C=O) groups excluding carboxylic acids is 2. The highest BCUT2D eigenvalue weighted by molar-refractivity contribution is 7.91. The van der Waals surface area contributed by atoms with Crippen LogP contribution in [0.15, 0.2) is 24.3 Å². The van der Waals surface area contributed by atoms with Gasteiger partial charge in [0.1, 0.15) is 0 Å². The van der Waals surface area contributed by atoms with Crippen LogP contribution in [0, 0.1) is 6.92 Å². The standard InChI is InChI=1S/C15H19NO4S/c1-11-2-4-12(5-3-11)14(17)6-7-15(18)16-13-8-9-21(19,20)10-13/h2-5,13H,6-10H2,1H3,(H,16,18)/t13-/m1/s1. The Hall–Kier alpha value is -1.69. The van der Waals surface area contributed by atoms with Crippen molar-refractivity contribution in [3.05, 3.63) is 35.4 Å². The molecule has 6 heteroatoms. The van der Waals surface area contributed by atoms with Crippen molar-refractivity contribution in [2.75, 3.05) is 11.5 Å². The molecule has 0 aromatic heterocycles. The molecule has 1 aromatic carbocycles. The lowest BCUT2D eigenvalue weighted by molar-refractivity contribution is -0.121. The quantitative estimate of drug-likeness (QED) is 0.830. The van der Waals surface area contributed by atoms with Crippen LogP contribution in [-0.2, 0) is 14.6 Å². The Labute approximate surface area is 124 Å². The van der Waals surface area contributed by atoms with E-state index in [9.17, 15) is 18.0 Å². The molecule has 1 N–H and O–H groups in total. The molecule has 0 saturated carbocycles. The van der Waals surface area contributed by atoms with Crippen LogP contribution in [-0.4, -0.2) is 37.7 Å². The first-order valence-corrected chi connectivity index (χ1v) is 8.77. The molecule has 1 saturated heterocycles. The number of carbonyl (C=O) groups is 2. The van der Waals surface area contributed by atoms with Crippen LogP contribution in [0.25, 0.3) is 0 Å². The van der Waals surface area contributed by atoms with Gasteiger partial charge in [-0.1, -0.05) is 29.8 Å². The van der Waals surface area contributed by atoms with E-state index in [1.54, 1.807) is 12.1 Å². The van der Waals surface area contributed by atoms with Gasteiger partial charge in [-0.2, -0.15) is 0 Å². The minimum absolute atomic E-state index is 0.00461. The highest BCUT2D eigenvalue weighted by Crippen LogP contribution is 2.12. The third-order valence-electron chi connectivity index (χ3n) is 3.55. The van der Waals surface area contributed by atoms with Gasteiger partial charge in [-0.3, -0.25) is 9.59 Å². The Balaban J connectivity index is 1.79. The zero-order chi connectivity index (χ0) is 15.5. The van der Waals surface area contributed by atoms with Crippen molar-refractivity contribution in [3.8, 4) is 0 Å². The van der Waals surface area contributed by atoms with Crippen LogP contribution in [0.5, 0.6) is 0 Å². The summed E-state index contributed by atoms with van der Waals surface area (Å²) in [5.74, 6) is -0.216. The average Bonchev–Trinajstić information content (AvgIpc) is 2.76. The monoisotopic (exact) mass is 309 g/mol. The largest absolute Gasteiger partial charge is 0.352 e. The molecule has 0 aliphatic carbocycles. The second-order valence-electron chi connectivity index (χ2n) is 5.46. The zero-order valence-electron chi connectivity index (χ0n) is 12.0. The van der Waals surface area contributed by atoms with Crippen LogP contribution in [0.3, 0.4) is 0 Å². The van der Waals surface area contributed by atoms with Crippen molar-refractivity contribution in [1.29, 1.82) is 0 Å². The lowest BCUT2D eigenvalue weighted by Crippen LogP contribution is -2.35. The van der Waals surface area contributed by atoms with Crippen LogP contribution in [0.4, 0.5) is 0 Å². The van der Waals surface area contributed by atoms with Gasteiger partial charge >= 0.3 is 0 Å². The summed E-state index contributed by atoms with van der Waals surface area (Å²) in [4.78, 5) is 23.7. The predicted molar refractivity (Wildman–Crippen MR) is 79.9 cm³/mol. The fourth-order valence-corrected chi connectivity index (χ4v) is 3.99. The van der Waals surface area contributed by atoms with Crippen LogP contribution < -0.4 is 5.32 Å². The highest BCUT2D eigenvalue weighted by Gasteiger charge is 2.28. The van der Waals surface area contributed by atoms with Crippen molar-refractivity contribution in [3.63, 3.8) is 0 Å². The molecule has 114 valence electrons. The summed E-state index contributed by atoms with van der Waals surface area (Å²) in [5, 5.41) is 2.68. The first-order chi connectivity index (χ1) is 9.85. The molecule has 21 heavy (non-hydrogen) atoms. The summed E-state index contributed by atoms with van der Waals surface area (Å²) >= 11 is 0. The molecule has 0 bridgehead atoms. The smallest absolute Gasteiger partial charge is 0.220 e. The van der Waals surface area contributed by atoms with Gasteiger partial charge in [0.2, 0.25) is 5.91 Å². The summed E-state index contributed by atoms with van der Waals surface area (Å²) in [6.45, 7) is 1.94. The number of ketones is 1. The van der Waals surface area contributed by atoms with E-state index in [4.69, 9.17) is 0 Å². The summed E-state index contributed by atoms with van der Waals surface area (Å²) in [7, 11) is -3.00. The average molecular weight is 309 g/mol. The van der Waals surface area contributed by atoms with Crippen LogP contribution >= 0.6 is 0 Å². The molecular weight excluding hydrogens is 290 g/mol. The van der Waals surface area contributed by atoms with E-state index in [2.05, 4.69) is 5.32 Å². The van der Waals surface area contributed by atoms with Crippen molar-refractivity contribution in [1.82, 2.24) is 5.32 Å². The Kier molecular flexibility index (Phi) is 4.77. The molecule has 1 heterocycles. The van der Waals surface area contributed by atoms with Gasteiger partial charge in [0.25, 0.3) is 0 Å². The summed E-state index contributed by atoms with van der Waals surface area (Å²) in [6, 6.07) is 6.91. The molecule has 0 unspecified atom stereocenters. The maximum absolute atomic E-state index is 11.9. The van der Waals surface area contributed by atoms with Crippen molar-refractivity contribution in [2.45, 2.75) is 32.2 Å². The maximum Gasteiger partial charge on any atom is 0.220 e. The number of Topliss-reactive ketones (excluding diaryl/α,β-unsaturated/α-hetero) is 1. The topological polar surface area (TPSA) is 80.3 Å². The van der Waals surface area contributed by atoms with Gasteiger partial charge in [0.05, 0.1) is 11.5 Å². The minimum Gasteiger partial charge on any atom is -0.352 e. The summed E-state index contributed by atoms with van der Waals surface area (Å²) < 4.78 is 22.6. The van der Waals surface area contributed by atoms with Gasteiger partial charge < -0.3 is 5.32 Å². The SMILES string of the molecule is Cc1ccc(C(=O)CCC(=O)N[C@@H]2CCS(=O)(=O)C2)cc1. The molecule has 0 radical (unpaired) electrons. The number of sulfone groups is 1. The third kappa shape index (κ3) is 4.67. The van der Waals surface area contributed by atoms with Gasteiger partial charge in [-0.15, -0.1) is 0 Å². The van der Waals surface area contributed by atoms with Crippen LogP contribution in [0.1, 0.15) is 35.2 Å². The molecule has 1 aromatic rings. The Morgan fingerprint density at radius 1 is 1.19 bits per heavy atom. The fourth-order valence-electron chi connectivity index (χ4n) is 2.32. The molecule has 1 fully saturated rings. The van der Waals surface area contributed by atoms with Gasteiger partial charge in [-0.25, -0.2) is 8.42 Å². The second-order valence-corrected chi connectivity index (χ2v) is 7.69. The lowest BCUT2D eigenvalue weighted by Gasteiger charge is -2.10.